The largest absolute Gasteiger partial charge is 0.338 e. The minimum atomic E-state index is -0.115. The summed E-state index contributed by atoms with van der Waals surface area (Å²) in [5, 5.41) is 6.70. The maximum Gasteiger partial charge on any atom is 0.240 e. The van der Waals surface area contributed by atoms with E-state index in [-0.39, 0.29) is 24.9 Å². The molecule has 27 heavy (non-hydrogen) atoms. The molecule has 6 heteroatoms. The van der Waals surface area contributed by atoms with E-state index >= 15 is 0 Å². The number of aromatic nitrogens is 1. The van der Waals surface area contributed by atoms with Crippen LogP contribution >= 0.6 is 12.4 Å². The van der Waals surface area contributed by atoms with E-state index in [2.05, 4.69) is 39.6 Å². The number of carbonyl (C=O) groups is 1. The zero-order valence-electron chi connectivity index (χ0n) is 15.5. The highest BCUT2D eigenvalue weighted by Gasteiger charge is 2.16. The van der Waals surface area contributed by atoms with Crippen molar-refractivity contribution in [3.05, 3.63) is 83.0 Å². The normalized spacial score (nSPS) is 10.5. The Morgan fingerprint density at radius 2 is 1.48 bits per heavy atom. The lowest BCUT2D eigenvalue weighted by Gasteiger charge is -2.22. The molecule has 0 radical (unpaired) electrons. The number of rotatable bonds is 7. The summed E-state index contributed by atoms with van der Waals surface area (Å²) in [7, 11) is 0. The summed E-state index contributed by atoms with van der Waals surface area (Å²) in [6.45, 7) is 5.39. The Morgan fingerprint density at radius 1 is 0.963 bits per heavy atom. The standard InChI is InChI=1S/C21H23N3O2.ClH/c1-16-17(2)23-26-21(16)22-20(25)15-24(13-18-9-5-3-6-10-18)14-19-11-7-4-8-12-19;/h3-12H,13-15H2,1-2H3,(H,22,25);1H. The molecular formula is C21H24ClN3O2. The van der Waals surface area contributed by atoms with Crippen LogP contribution in [0.15, 0.2) is 65.2 Å². The summed E-state index contributed by atoms with van der Waals surface area (Å²) in [4.78, 5) is 14.6. The number of nitrogens with one attached hydrogen (secondary N) is 1. The molecule has 0 atom stereocenters. The molecule has 5 nitrogen and oxygen atoms in total. The van der Waals surface area contributed by atoms with E-state index in [4.69, 9.17) is 4.52 Å². The predicted octanol–water partition coefficient (Wildman–Crippen LogP) is 4.35. The van der Waals surface area contributed by atoms with Crippen molar-refractivity contribution in [2.45, 2.75) is 26.9 Å². The average Bonchev–Trinajstić information content (AvgIpc) is 2.95. The van der Waals surface area contributed by atoms with Crippen LogP contribution in [0.4, 0.5) is 5.88 Å². The van der Waals surface area contributed by atoms with Crippen molar-refractivity contribution in [3.63, 3.8) is 0 Å². The molecule has 0 spiro atoms. The van der Waals surface area contributed by atoms with E-state index in [0.717, 1.165) is 11.3 Å². The Labute approximate surface area is 165 Å². The second kappa shape index (κ2) is 9.90. The zero-order valence-corrected chi connectivity index (χ0v) is 16.3. The summed E-state index contributed by atoms with van der Waals surface area (Å²) < 4.78 is 5.18. The van der Waals surface area contributed by atoms with Crippen LogP contribution in [-0.4, -0.2) is 22.5 Å². The monoisotopic (exact) mass is 385 g/mol. The lowest BCUT2D eigenvalue weighted by molar-refractivity contribution is -0.117. The lowest BCUT2D eigenvalue weighted by atomic mass is 10.1. The van der Waals surface area contributed by atoms with Crippen molar-refractivity contribution < 1.29 is 9.32 Å². The van der Waals surface area contributed by atoms with E-state index in [1.807, 2.05) is 50.2 Å². The third kappa shape index (κ3) is 5.94. The lowest BCUT2D eigenvalue weighted by Crippen LogP contribution is -2.32. The van der Waals surface area contributed by atoms with Gasteiger partial charge in [-0.05, 0) is 25.0 Å². The zero-order chi connectivity index (χ0) is 18.4. The molecule has 1 aromatic heterocycles. The van der Waals surface area contributed by atoms with E-state index in [1.54, 1.807) is 0 Å². The summed E-state index contributed by atoms with van der Waals surface area (Å²) in [5.41, 5.74) is 3.98. The molecule has 0 fully saturated rings. The fourth-order valence-corrected chi connectivity index (χ4v) is 2.75. The molecule has 0 saturated carbocycles. The number of halogens is 1. The smallest absolute Gasteiger partial charge is 0.240 e. The highest BCUT2D eigenvalue weighted by Crippen LogP contribution is 2.17. The second-order valence-electron chi connectivity index (χ2n) is 6.39. The summed E-state index contributed by atoms with van der Waals surface area (Å²) in [5.74, 6) is 0.308. The minimum absolute atomic E-state index is 0. The van der Waals surface area contributed by atoms with Crippen LogP contribution in [0.25, 0.3) is 0 Å². The summed E-state index contributed by atoms with van der Waals surface area (Å²) >= 11 is 0. The average molecular weight is 386 g/mol. The Kier molecular flexibility index (Phi) is 7.58. The Bertz CT molecular complexity index is 809. The van der Waals surface area contributed by atoms with Crippen LogP contribution in [0.2, 0.25) is 0 Å². The first-order chi connectivity index (χ1) is 12.6. The van der Waals surface area contributed by atoms with E-state index in [1.165, 1.54) is 11.1 Å². The van der Waals surface area contributed by atoms with Crippen LogP contribution in [0.5, 0.6) is 0 Å². The molecule has 3 rings (SSSR count). The fourth-order valence-electron chi connectivity index (χ4n) is 2.75. The van der Waals surface area contributed by atoms with Gasteiger partial charge in [-0.15, -0.1) is 12.4 Å². The first-order valence-corrected chi connectivity index (χ1v) is 8.65. The van der Waals surface area contributed by atoms with Gasteiger partial charge in [-0.25, -0.2) is 0 Å². The van der Waals surface area contributed by atoms with Crippen LogP contribution in [0.1, 0.15) is 22.4 Å². The van der Waals surface area contributed by atoms with Gasteiger partial charge in [0, 0.05) is 18.7 Å². The van der Waals surface area contributed by atoms with Gasteiger partial charge in [0.05, 0.1) is 12.2 Å². The third-order valence-electron chi connectivity index (χ3n) is 4.28. The van der Waals surface area contributed by atoms with Crippen LogP contribution < -0.4 is 5.32 Å². The Balaban J connectivity index is 0.00000261. The molecule has 0 bridgehead atoms. The Morgan fingerprint density at radius 3 is 1.93 bits per heavy atom. The number of hydrogen-bond acceptors (Lipinski definition) is 4. The SMILES string of the molecule is Cc1noc(NC(=O)CN(Cc2ccccc2)Cc2ccccc2)c1C.Cl. The van der Waals surface area contributed by atoms with E-state index in [0.29, 0.717) is 19.0 Å². The quantitative estimate of drug-likeness (QED) is 0.656. The van der Waals surface area contributed by atoms with Gasteiger partial charge in [0.1, 0.15) is 0 Å². The molecule has 1 N–H and O–H groups in total. The third-order valence-corrected chi connectivity index (χ3v) is 4.28. The van der Waals surface area contributed by atoms with Crippen LogP contribution in [0.3, 0.4) is 0 Å². The van der Waals surface area contributed by atoms with Crippen molar-refractivity contribution in [2.75, 3.05) is 11.9 Å². The Hall–Kier alpha value is -2.63. The molecule has 142 valence electrons. The molecule has 0 aliphatic heterocycles. The van der Waals surface area contributed by atoms with Gasteiger partial charge in [-0.1, -0.05) is 65.8 Å². The highest BCUT2D eigenvalue weighted by molar-refractivity contribution is 5.91. The number of aryl methyl sites for hydroxylation is 1. The van der Waals surface area contributed by atoms with Crippen molar-refractivity contribution in [2.24, 2.45) is 0 Å². The number of anilines is 1. The van der Waals surface area contributed by atoms with Gasteiger partial charge < -0.3 is 4.52 Å². The number of amides is 1. The summed E-state index contributed by atoms with van der Waals surface area (Å²) in [6, 6.07) is 20.3. The first-order valence-electron chi connectivity index (χ1n) is 8.65. The topological polar surface area (TPSA) is 58.4 Å². The van der Waals surface area contributed by atoms with Crippen molar-refractivity contribution in [1.82, 2.24) is 10.1 Å². The van der Waals surface area contributed by atoms with Gasteiger partial charge in [-0.2, -0.15) is 0 Å². The molecular weight excluding hydrogens is 362 g/mol. The molecule has 1 amide bonds. The van der Waals surface area contributed by atoms with E-state index < -0.39 is 0 Å². The van der Waals surface area contributed by atoms with Crippen molar-refractivity contribution in [1.29, 1.82) is 0 Å². The number of carbonyl (C=O) groups excluding carboxylic acids is 1. The van der Waals surface area contributed by atoms with Gasteiger partial charge in [0.25, 0.3) is 0 Å². The summed E-state index contributed by atoms with van der Waals surface area (Å²) in [6.07, 6.45) is 0. The molecule has 1 heterocycles. The molecule has 3 aromatic rings. The second-order valence-corrected chi connectivity index (χ2v) is 6.39. The maximum atomic E-state index is 12.5. The van der Waals surface area contributed by atoms with E-state index in [9.17, 15) is 4.79 Å². The predicted molar refractivity (Wildman–Crippen MR) is 109 cm³/mol. The van der Waals surface area contributed by atoms with Crippen LogP contribution in [-0.2, 0) is 17.9 Å². The highest BCUT2D eigenvalue weighted by atomic mass is 35.5. The van der Waals surface area contributed by atoms with Crippen molar-refractivity contribution >= 4 is 24.2 Å². The van der Waals surface area contributed by atoms with Gasteiger partial charge in [0.15, 0.2) is 0 Å². The molecule has 0 saturated heterocycles. The minimum Gasteiger partial charge on any atom is -0.338 e. The van der Waals surface area contributed by atoms with Crippen molar-refractivity contribution in [3.8, 4) is 0 Å². The number of hydrogen-bond donors (Lipinski definition) is 1. The number of nitrogens with zero attached hydrogens (tertiary/aromatic N) is 2. The van der Waals surface area contributed by atoms with Gasteiger partial charge in [-0.3, -0.25) is 15.0 Å². The molecule has 0 unspecified atom stereocenters. The fraction of sp³-hybridized carbons (Fsp3) is 0.238. The molecule has 0 aliphatic rings. The van der Waals surface area contributed by atoms with Crippen LogP contribution in [0, 0.1) is 13.8 Å². The maximum absolute atomic E-state index is 12.5. The molecule has 2 aromatic carbocycles. The van der Waals surface area contributed by atoms with Gasteiger partial charge in [0.2, 0.25) is 11.8 Å². The van der Waals surface area contributed by atoms with Gasteiger partial charge >= 0.3 is 0 Å². The molecule has 0 aliphatic carbocycles. The first kappa shape index (κ1) is 20.7. The number of benzene rings is 2.